The maximum atomic E-state index is 12.2. The second-order valence-electron chi connectivity index (χ2n) is 4.90. The van der Waals surface area contributed by atoms with E-state index < -0.39 is 0 Å². The monoisotopic (exact) mass is 374 g/mol. The molecule has 4 nitrogen and oxygen atoms in total. The van der Waals surface area contributed by atoms with Gasteiger partial charge in [-0.2, -0.15) is 0 Å². The van der Waals surface area contributed by atoms with E-state index in [-0.39, 0.29) is 12.0 Å². The van der Waals surface area contributed by atoms with Crippen LogP contribution >= 0.6 is 22.6 Å². The Hall–Kier alpha value is -0.660. The minimum absolute atomic E-state index is 0.0232. The maximum absolute atomic E-state index is 12.2. The van der Waals surface area contributed by atoms with Gasteiger partial charge in [-0.25, -0.2) is 0 Å². The second kappa shape index (κ2) is 6.67. The van der Waals surface area contributed by atoms with Crippen LogP contribution in [-0.2, 0) is 4.74 Å². The Morgan fingerprint density at radius 1 is 1.58 bits per heavy atom. The van der Waals surface area contributed by atoms with Gasteiger partial charge in [0.25, 0.3) is 5.91 Å². The van der Waals surface area contributed by atoms with Crippen LogP contribution in [0.3, 0.4) is 0 Å². The molecule has 1 saturated heterocycles. The molecule has 1 atom stereocenters. The first-order valence-electron chi connectivity index (χ1n) is 6.41. The molecule has 1 N–H and O–H groups in total. The summed E-state index contributed by atoms with van der Waals surface area (Å²) in [7, 11) is 2.07. The lowest BCUT2D eigenvalue weighted by Gasteiger charge is -2.30. The number of likely N-dealkylation sites (N-methyl/N-ethyl adjacent to an activating group) is 1. The van der Waals surface area contributed by atoms with Crippen LogP contribution in [-0.4, -0.2) is 50.2 Å². The average molecular weight is 374 g/mol. The smallest absolute Gasteiger partial charge is 0.252 e. The summed E-state index contributed by atoms with van der Waals surface area (Å²) >= 11 is 2.22. The van der Waals surface area contributed by atoms with Gasteiger partial charge in [0.15, 0.2) is 0 Å². The average Bonchev–Trinajstić information content (AvgIpc) is 2.39. The number of carbonyl (C=O) groups is 1. The molecule has 0 aromatic heterocycles. The van der Waals surface area contributed by atoms with Crippen molar-refractivity contribution in [3.63, 3.8) is 0 Å². The molecular formula is C14H19IN2O2. The molecule has 0 bridgehead atoms. The van der Waals surface area contributed by atoms with Crippen molar-refractivity contribution in [3.05, 3.63) is 32.9 Å². The van der Waals surface area contributed by atoms with E-state index in [1.165, 1.54) is 0 Å². The third-order valence-corrected chi connectivity index (χ3v) is 4.70. The fourth-order valence-corrected chi connectivity index (χ4v) is 2.72. The molecule has 1 fully saturated rings. The minimum Gasteiger partial charge on any atom is -0.374 e. The van der Waals surface area contributed by atoms with Crippen molar-refractivity contribution in [1.29, 1.82) is 0 Å². The van der Waals surface area contributed by atoms with Gasteiger partial charge in [-0.15, -0.1) is 0 Å². The summed E-state index contributed by atoms with van der Waals surface area (Å²) in [4.78, 5) is 14.4. The molecule has 104 valence electrons. The molecule has 2 rings (SSSR count). The SMILES string of the molecule is Cc1cccc(C(=O)NCC2CN(C)CCO2)c1I. The lowest BCUT2D eigenvalue weighted by molar-refractivity contribution is -0.0175. The van der Waals surface area contributed by atoms with Crippen molar-refractivity contribution in [2.75, 3.05) is 33.3 Å². The molecule has 0 aliphatic carbocycles. The number of amides is 1. The van der Waals surface area contributed by atoms with Crippen molar-refractivity contribution < 1.29 is 9.53 Å². The van der Waals surface area contributed by atoms with E-state index in [0.29, 0.717) is 6.54 Å². The summed E-state index contributed by atoms with van der Waals surface area (Å²) in [6, 6.07) is 5.78. The number of carbonyl (C=O) groups excluding carboxylic acids is 1. The third-order valence-electron chi connectivity index (χ3n) is 3.27. The van der Waals surface area contributed by atoms with Crippen LogP contribution in [0.2, 0.25) is 0 Å². The van der Waals surface area contributed by atoms with Gasteiger partial charge >= 0.3 is 0 Å². The second-order valence-corrected chi connectivity index (χ2v) is 5.98. The molecule has 1 aliphatic rings. The van der Waals surface area contributed by atoms with Crippen LogP contribution < -0.4 is 5.32 Å². The van der Waals surface area contributed by atoms with Gasteiger partial charge in [0.1, 0.15) is 0 Å². The van der Waals surface area contributed by atoms with Gasteiger partial charge in [0.2, 0.25) is 0 Å². The van der Waals surface area contributed by atoms with Gasteiger partial charge in [-0.1, -0.05) is 12.1 Å². The Morgan fingerprint density at radius 2 is 2.37 bits per heavy atom. The van der Waals surface area contributed by atoms with E-state index >= 15 is 0 Å². The van der Waals surface area contributed by atoms with E-state index in [4.69, 9.17) is 4.74 Å². The molecule has 19 heavy (non-hydrogen) atoms. The number of benzene rings is 1. The Kier molecular flexibility index (Phi) is 5.18. The lowest BCUT2D eigenvalue weighted by Crippen LogP contribution is -2.46. The molecule has 1 heterocycles. The molecule has 0 radical (unpaired) electrons. The zero-order valence-corrected chi connectivity index (χ0v) is 13.4. The number of rotatable bonds is 3. The normalized spacial score (nSPS) is 20.3. The zero-order chi connectivity index (χ0) is 13.8. The van der Waals surface area contributed by atoms with E-state index in [9.17, 15) is 4.79 Å². The highest BCUT2D eigenvalue weighted by Crippen LogP contribution is 2.16. The Morgan fingerprint density at radius 3 is 3.11 bits per heavy atom. The molecule has 0 saturated carbocycles. The third kappa shape index (κ3) is 3.90. The first kappa shape index (κ1) is 14.7. The van der Waals surface area contributed by atoms with Gasteiger partial charge in [0.05, 0.1) is 18.3 Å². The molecule has 1 unspecified atom stereocenters. The standard InChI is InChI=1S/C14H19IN2O2/c1-10-4-3-5-12(13(10)15)14(18)16-8-11-9-17(2)6-7-19-11/h3-5,11H,6-9H2,1-2H3,(H,16,18). The van der Waals surface area contributed by atoms with Crippen molar-refractivity contribution in [2.45, 2.75) is 13.0 Å². The molecular weight excluding hydrogens is 355 g/mol. The lowest BCUT2D eigenvalue weighted by atomic mass is 10.1. The van der Waals surface area contributed by atoms with Crippen LogP contribution in [0.5, 0.6) is 0 Å². The molecule has 1 aromatic rings. The van der Waals surface area contributed by atoms with E-state index in [1.54, 1.807) is 0 Å². The summed E-state index contributed by atoms with van der Waals surface area (Å²) < 4.78 is 6.64. The molecule has 0 spiro atoms. The molecule has 5 heteroatoms. The van der Waals surface area contributed by atoms with Gasteiger partial charge in [0, 0.05) is 23.2 Å². The van der Waals surface area contributed by atoms with Crippen LogP contribution in [0.15, 0.2) is 18.2 Å². The molecule has 1 aliphatic heterocycles. The van der Waals surface area contributed by atoms with E-state index in [2.05, 4.69) is 39.9 Å². The van der Waals surface area contributed by atoms with Gasteiger partial charge in [-0.05, 0) is 48.2 Å². The minimum atomic E-state index is -0.0232. The number of hydrogen-bond donors (Lipinski definition) is 1. The summed E-state index contributed by atoms with van der Waals surface area (Å²) in [6.07, 6.45) is 0.0881. The molecule has 1 amide bonds. The highest BCUT2D eigenvalue weighted by molar-refractivity contribution is 14.1. The highest BCUT2D eigenvalue weighted by Gasteiger charge is 2.19. The van der Waals surface area contributed by atoms with Crippen LogP contribution in [0.1, 0.15) is 15.9 Å². The van der Waals surface area contributed by atoms with Crippen molar-refractivity contribution >= 4 is 28.5 Å². The maximum Gasteiger partial charge on any atom is 0.252 e. The number of morpholine rings is 1. The van der Waals surface area contributed by atoms with Gasteiger partial charge in [-0.3, -0.25) is 4.79 Å². The summed E-state index contributed by atoms with van der Waals surface area (Å²) in [5.74, 6) is -0.0232. The predicted molar refractivity (Wildman–Crippen MR) is 83.5 cm³/mol. The number of nitrogens with one attached hydrogen (secondary N) is 1. The largest absolute Gasteiger partial charge is 0.374 e. The van der Waals surface area contributed by atoms with E-state index in [1.807, 2.05) is 25.1 Å². The first-order valence-corrected chi connectivity index (χ1v) is 7.49. The highest BCUT2D eigenvalue weighted by atomic mass is 127. The fourth-order valence-electron chi connectivity index (χ4n) is 2.11. The number of nitrogens with zero attached hydrogens (tertiary/aromatic N) is 1. The Labute approximate surface area is 127 Å². The Bertz CT molecular complexity index is 465. The quantitative estimate of drug-likeness (QED) is 0.819. The van der Waals surface area contributed by atoms with Gasteiger partial charge < -0.3 is 15.0 Å². The number of hydrogen-bond acceptors (Lipinski definition) is 3. The summed E-state index contributed by atoms with van der Waals surface area (Å²) in [5.41, 5.74) is 1.87. The fraction of sp³-hybridized carbons (Fsp3) is 0.500. The van der Waals surface area contributed by atoms with Crippen LogP contribution in [0.4, 0.5) is 0 Å². The number of aryl methyl sites for hydroxylation is 1. The van der Waals surface area contributed by atoms with Crippen molar-refractivity contribution in [3.8, 4) is 0 Å². The number of halogens is 1. The first-order chi connectivity index (χ1) is 9.08. The zero-order valence-electron chi connectivity index (χ0n) is 11.3. The van der Waals surface area contributed by atoms with Crippen LogP contribution in [0, 0.1) is 10.5 Å². The topological polar surface area (TPSA) is 41.6 Å². The summed E-state index contributed by atoms with van der Waals surface area (Å²) in [5, 5.41) is 2.96. The number of ether oxygens (including phenoxy) is 1. The molecule has 1 aromatic carbocycles. The van der Waals surface area contributed by atoms with E-state index in [0.717, 1.165) is 34.4 Å². The Balaban J connectivity index is 1.92. The van der Waals surface area contributed by atoms with Crippen LogP contribution in [0.25, 0.3) is 0 Å². The predicted octanol–water partition coefficient (Wildman–Crippen LogP) is 1.66. The van der Waals surface area contributed by atoms with Crippen molar-refractivity contribution in [2.24, 2.45) is 0 Å². The summed E-state index contributed by atoms with van der Waals surface area (Å²) in [6.45, 7) is 5.13. The van der Waals surface area contributed by atoms with Crippen molar-refractivity contribution in [1.82, 2.24) is 10.2 Å².